The molecular formula is C18H21N3O. The summed E-state index contributed by atoms with van der Waals surface area (Å²) in [6.07, 6.45) is 0. The molecule has 4 nitrogen and oxygen atoms in total. The predicted molar refractivity (Wildman–Crippen MR) is 91.5 cm³/mol. The van der Waals surface area contributed by atoms with E-state index in [-0.39, 0.29) is 5.91 Å². The summed E-state index contributed by atoms with van der Waals surface area (Å²) in [6.45, 7) is 7.24. The van der Waals surface area contributed by atoms with E-state index in [1.165, 1.54) is 0 Å². The van der Waals surface area contributed by atoms with Gasteiger partial charge in [0.05, 0.1) is 0 Å². The fraction of sp³-hybridized carbons (Fsp3) is 0.167. The second kappa shape index (κ2) is 6.80. The molecule has 0 saturated carbocycles. The molecular weight excluding hydrogens is 274 g/mol. The van der Waals surface area contributed by atoms with Crippen LogP contribution in [-0.4, -0.2) is 11.7 Å². The normalized spacial score (nSPS) is 10.6. The van der Waals surface area contributed by atoms with Crippen LogP contribution in [0.25, 0.3) is 0 Å². The number of hydrogen-bond acceptors (Lipinski definition) is 3. The van der Waals surface area contributed by atoms with Crippen LogP contribution in [0.15, 0.2) is 72.8 Å². The van der Waals surface area contributed by atoms with Crippen LogP contribution in [0.3, 0.4) is 0 Å². The van der Waals surface area contributed by atoms with E-state index in [2.05, 4.69) is 22.5 Å². The zero-order valence-electron chi connectivity index (χ0n) is 12.9. The molecule has 0 bridgehead atoms. The Morgan fingerprint density at radius 3 is 1.68 bits per heavy atom. The first kappa shape index (κ1) is 15.6. The van der Waals surface area contributed by atoms with Gasteiger partial charge in [-0.05, 0) is 38.1 Å². The lowest BCUT2D eigenvalue weighted by Crippen LogP contribution is -2.58. The van der Waals surface area contributed by atoms with Crippen LogP contribution >= 0.6 is 0 Å². The molecule has 22 heavy (non-hydrogen) atoms. The van der Waals surface area contributed by atoms with Crippen LogP contribution < -0.4 is 16.0 Å². The number of carbonyl (C=O) groups excluding carboxylic acids is 1. The maximum absolute atomic E-state index is 12.0. The largest absolute Gasteiger partial charge is 0.346 e. The Morgan fingerprint density at radius 1 is 0.909 bits per heavy atom. The van der Waals surface area contributed by atoms with Crippen molar-refractivity contribution in [3.05, 3.63) is 72.8 Å². The second-order valence-electron chi connectivity index (χ2n) is 5.34. The number of carbonyl (C=O) groups is 1. The zero-order valence-corrected chi connectivity index (χ0v) is 12.9. The number of rotatable bonds is 6. The minimum atomic E-state index is -0.848. The molecule has 0 saturated heterocycles. The van der Waals surface area contributed by atoms with Crippen molar-refractivity contribution < 1.29 is 4.79 Å². The highest BCUT2D eigenvalue weighted by molar-refractivity contribution is 5.93. The summed E-state index contributed by atoms with van der Waals surface area (Å²) in [5.41, 5.74) is 2.25. The topological polar surface area (TPSA) is 53.2 Å². The van der Waals surface area contributed by atoms with Gasteiger partial charge in [-0.25, -0.2) is 0 Å². The van der Waals surface area contributed by atoms with E-state index in [4.69, 9.17) is 0 Å². The van der Waals surface area contributed by atoms with Gasteiger partial charge >= 0.3 is 0 Å². The number of para-hydroxylation sites is 2. The lowest BCUT2D eigenvalue weighted by atomic mass is 10.2. The van der Waals surface area contributed by atoms with E-state index in [0.717, 1.165) is 11.4 Å². The highest BCUT2D eigenvalue weighted by Gasteiger charge is 2.26. The average Bonchev–Trinajstić information content (AvgIpc) is 2.48. The SMILES string of the molecule is C=C(C)C(=O)NC(C)(Nc1ccccc1)Nc1ccccc1. The van der Waals surface area contributed by atoms with Crippen LogP contribution in [0.1, 0.15) is 13.8 Å². The van der Waals surface area contributed by atoms with Gasteiger partial charge in [-0.15, -0.1) is 0 Å². The van der Waals surface area contributed by atoms with Gasteiger partial charge in [0.2, 0.25) is 5.91 Å². The van der Waals surface area contributed by atoms with Crippen molar-refractivity contribution in [3.63, 3.8) is 0 Å². The number of benzene rings is 2. The van der Waals surface area contributed by atoms with Gasteiger partial charge in [-0.1, -0.05) is 43.0 Å². The summed E-state index contributed by atoms with van der Waals surface area (Å²) in [6, 6.07) is 19.4. The third-order valence-electron chi connectivity index (χ3n) is 3.09. The summed E-state index contributed by atoms with van der Waals surface area (Å²) in [5.74, 6) is -1.06. The fourth-order valence-electron chi connectivity index (χ4n) is 2.05. The lowest BCUT2D eigenvalue weighted by Gasteiger charge is -2.34. The maximum Gasteiger partial charge on any atom is 0.249 e. The van der Waals surface area contributed by atoms with Gasteiger partial charge in [-0.2, -0.15) is 0 Å². The van der Waals surface area contributed by atoms with Crippen molar-refractivity contribution in [2.24, 2.45) is 0 Å². The Bertz CT molecular complexity index is 596. The van der Waals surface area contributed by atoms with Crippen LogP contribution in [0, 0.1) is 0 Å². The molecule has 0 unspecified atom stereocenters. The summed E-state index contributed by atoms with van der Waals surface area (Å²) < 4.78 is 0. The zero-order chi connectivity index (χ0) is 16.0. The van der Waals surface area contributed by atoms with E-state index in [1.54, 1.807) is 6.92 Å². The molecule has 0 spiro atoms. The molecule has 1 amide bonds. The fourth-order valence-corrected chi connectivity index (χ4v) is 2.05. The number of anilines is 2. The van der Waals surface area contributed by atoms with Crippen LogP contribution in [0.2, 0.25) is 0 Å². The van der Waals surface area contributed by atoms with Crippen LogP contribution in [-0.2, 0) is 4.79 Å². The Morgan fingerprint density at radius 2 is 1.32 bits per heavy atom. The third-order valence-corrected chi connectivity index (χ3v) is 3.09. The Labute approximate surface area is 131 Å². The van der Waals surface area contributed by atoms with E-state index >= 15 is 0 Å². The number of amides is 1. The van der Waals surface area contributed by atoms with Gasteiger partial charge in [0.15, 0.2) is 5.79 Å². The molecule has 114 valence electrons. The third kappa shape index (κ3) is 4.38. The Kier molecular flexibility index (Phi) is 4.84. The molecule has 4 heteroatoms. The van der Waals surface area contributed by atoms with Crippen molar-refractivity contribution >= 4 is 17.3 Å². The van der Waals surface area contributed by atoms with Gasteiger partial charge in [0.1, 0.15) is 0 Å². The van der Waals surface area contributed by atoms with Crippen molar-refractivity contribution in [2.75, 3.05) is 10.6 Å². The van der Waals surface area contributed by atoms with Crippen molar-refractivity contribution in [3.8, 4) is 0 Å². The van der Waals surface area contributed by atoms with E-state index in [9.17, 15) is 4.79 Å². The van der Waals surface area contributed by atoms with Crippen LogP contribution in [0.4, 0.5) is 11.4 Å². The molecule has 0 radical (unpaired) electrons. The molecule has 0 aliphatic heterocycles. The molecule has 2 aromatic rings. The van der Waals surface area contributed by atoms with Gasteiger partial charge in [0.25, 0.3) is 0 Å². The number of hydrogen-bond donors (Lipinski definition) is 3. The van der Waals surface area contributed by atoms with E-state index < -0.39 is 5.79 Å². The standard InChI is InChI=1S/C18H21N3O/c1-14(2)17(22)21-18(3,19-15-10-6-4-7-11-15)20-16-12-8-5-9-13-16/h4-13,19-20H,1H2,2-3H3,(H,21,22). The van der Waals surface area contributed by atoms with Crippen molar-refractivity contribution in [2.45, 2.75) is 19.6 Å². The minimum Gasteiger partial charge on any atom is -0.346 e. The highest BCUT2D eigenvalue weighted by atomic mass is 16.2. The summed E-state index contributed by atoms with van der Waals surface area (Å²) in [5, 5.41) is 9.54. The van der Waals surface area contributed by atoms with Gasteiger partial charge in [-0.3, -0.25) is 4.79 Å². The smallest absolute Gasteiger partial charge is 0.249 e. The quantitative estimate of drug-likeness (QED) is 0.564. The van der Waals surface area contributed by atoms with E-state index in [0.29, 0.717) is 5.57 Å². The van der Waals surface area contributed by atoms with E-state index in [1.807, 2.05) is 67.6 Å². The summed E-state index contributed by atoms with van der Waals surface area (Å²) in [4.78, 5) is 12.0. The lowest BCUT2D eigenvalue weighted by molar-refractivity contribution is -0.118. The highest BCUT2D eigenvalue weighted by Crippen LogP contribution is 2.17. The first-order valence-corrected chi connectivity index (χ1v) is 7.13. The minimum absolute atomic E-state index is 0.214. The van der Waals surface area contributed by atoms with Crippen molar-refractivity contribution in [1.82, 2.24) is 5.32 Å². The average molecular weight is 295 g/mol. The molecule has 0 heterocycles. The molecule has 0 atom stereocenters. The molecule has 3 N–H and O–H groups in total. The molecule has 2 rings (SSSR count). The first-order chi connectivity index (χ1) is 10.5. The van der Waals surface area contributed by atoms with Gasteiger partial charge < -0.3 is 16.0 Å². The van der Waals surface area contributed by atoms with Crippen molar-refractivity contribution in [1.29, 1.82) is 0 Å². The summed E-state index contributed by atoms with van der Waals surface area (Å²) in [7, 11) is 0. The molecule has 0 fully saturated rings. The monoisotopic (exact) mass is 295 g/mol. The maximum atomic E-state index is 12.0. The number of nitrogens with one attached hydrogen (secondary N) is 3. The van der Waals surface area contributed by atoms with Gasteiger partial charge in [0, 0.05) is 16.9 Å². The molecule has 0 aliphatic rings. The molecule has 2 aromatic carbocycles. The predicted octanol–water partition coefficient (Wildman–Crippen LogP) is 3.58. The Hall–Kier alpha value is -2.75. The molecule has 0 aliphatic carbocycles. The van der Waals surface area contributed by atoms with Crippen LogP contribution in [0.5, 0.6) is 0 Å². The second-order valence-corrected chi connectivity index (χ2v) is 5.34. The Balaban J connectivity index is 2.23. The molecule has 0 aromatic heterocycles. The first-order valence-electron chi connectivity index (χ1n) is 7.13. The summed E-state index contributed by atoms with van der Waals surface area (Å²) >= 11 is 0.